The molecule has 3 aromatic heterocycles. The van der Waals surface area contributed by atoms with Crippen molar-refractivity contribution < 1.29 is 19.1 Å². The van der Waals surface area contributed by atoms with Crippen LogP contribution >= 0.6 is 11.3 Å². The molecule has 0 aliphatic carbocycles. The maximum absolute atomic E-state index is 14.1. The van der Waals surface area contributed by atoms with E-state index in [1.807, 2.05) is 59.9 Å². The van der Waals surface area contributed by atoms with Crippen LogP contribution < -0.4 is 10.6 Å². The Hall–Kier alpha value is -4.71. The highest BCUT2D eigenvalue weighted by Gasteiger charge is 2.33. The number of nitrogens with one attached hydrogen (secondary N) is 2. The van der Waals surface area contributed by atoms with Crippen LogP contribution in [0.15, 0.2) is 89.2 Å². The Labute approximate surface area is 290 Å². The number of aromatic nitrogens is 3. The van der Waals surface area contributed by atoms with Gasteiger partial charge in [-0.1, -0.05) is 50.2 Å². The van der Waals surface area contributed by atoms with E-state index in [1.165, 1.54) is 12.5 Å². The van der Waals surface area contributed by atoms with Gasteiger partial charge in [-0.3, -0.25) is 14.6 Å². The molecule has 11 heteroatoms. The van der Waals surface area contributed by atoms with Crippen LogP contribution in [0.4, 0.5) is 0 Å². The number of aryl methyl sites for hydroxylation is 1. The van der Waals surface area contributed by atoms with Crippen molar-refractivity contribution in [2.75, 3.05) is 13.1 Å². The van der Waals surface area contributed by atoms with Gasteiger partial charge in [0.2, 0.25) is 5.89 Å². The summed E-state index contributed by atoms with van der Waals surface area (Å²) in [6, 6.07) is 16.1. The third-order valence-corrected chi connectivity index (χ3v) is 9.87. The molecule has 5 aromatic rings. The minimum Gasteiger partial charge on any atom is -0.445 e. The van der Waals surface area contributed by atoms with Crippen molar-refractivity contribution in [3.05, 3.63) is 123 Å². The van der Waals surface area contributed by atoms with E-state index in [0.29, 0.717) is 42.4 Å². The van der Waals surface area contributed by atoms with Crippen molar-refractivity contribution in [2.24, 2.45) is 0 Å². The first kappa shape index (κ1) is 34.2. The van der Waals surface area contributed by atoms with E-state index in [4.69, 9.17) is 4.42 Å². The molecule has 0 radical (unpaired) electrons. The fraction of sp³-hybridized carbons (Fsp3) is 0.342. The van der Waals surface area contributed by atoms with Crippen molar-refractivity contribution in [2.45, 2.75) is 70.7 Å². The Morgan fingerprint density at radius 2 is 1.90 bits per heavy atom. The van der Waals surface area contributed by atoms with Gasteiger partial charge in [0, 0.05) is 59.8 Å². The van der Waals surface area contributed by atoms with Crippen LogP contribution in [0.2, 0.25) is 0 Å². The Balaban J connectivity index is 1.23. The van der Waals surface area contributed by atoms with Gasteiger partial charge < -0.3 is 25.1 Å². The Morgan fingerprint density at radius 1 is 1.08 bits per heavy atom. The van der Waals surface area contributed by atoms with Gasteiger partial charge in [-0.05, 0) is 67.0 Å². The minimum atomic E-state index is -0.909. The summed E-state index contributed by atoms with van der Waals surface area (Å²) in [5.41, 5.74) is 5.23. The van der Waals surface area contributed by atoms with Crippen LogP contribution in [-0.2, 0) is 13.0 Å². The average Bonchev–Trinajstić information content (AvgIpc) is 3.91. The molecule has 49 heavy (non-hydrogen) atoms. The second kappa shape index (κ2) is 15.7. The molecule has 3 atom stereocenters. The SMILES string of the molecule is Cc1csc([C@H]2CCCN2C(=O)c2cc(C(=O)N[C@@H](Cc3ccccc3)[C@@H](O)CNCc3cncc(C(C)C)c3)cc(-c3ncco3)c2)n1. The van der Waals surface area contributed by atoms with Crippen LogP contribution in [0, 0.1) is 6.92 Å². The van der Waals surface area contributed by atoms with Crippen LogP contribution in [0.5, 0.6) is 0 Å². The van der Waals surface area contributed by atoms with Gasteiger partial charge in [-0.2, -0.15) is 0 Å². The van der Waals surface area contributed by atoms with Crippen molar-refractivity contribution >= 4 is 23.2 Å². The molecule has 0 spiro atoms. The lowest BCUT2D eigenvalue weighted by molar-refractivity contribution is 0.0735. The zero-order valence-corrected chi connectivity index (χ0v) is 28.8. The van der Waals surface area contributed by atoms with Crippen LogP contribution in [0.25, 0.3) is 11.5 Å². The smallest absolute Gasteiger partial charge is 0.254 e. The van der Waals surface area contributed by atoms with Crippen LogP contribution in [0.3, 0.4) is 0 Å². The quantitative estimate of drug-likeness (QED) is 0.136. The molecule has 2 aromatic carbocycles. The van der Waals surface area contributed by atoms with Crippen molar-refractivity contribution in [3.63, 3.8) is 0 Å². The number of hydrogen-bond donors (Lipinski definition) is 3. The molecule has 0 saturated carbocycles. The number of thiazole rings is 1. The third kappa shape index (κ3) is 8.48. The van der Waals surface area contributed by atoms with E-state index >= 15 is 0 Å². The minimum absolute atomic E-state index is 0.115. The van der Waals surface area contributed by atoms with Crippen LogP contribution in [-0.4, -0.2) is 62.0 Å². The molecule has 3 N–H and O–H groups in total. The standard InChI is InChI=1S/C38H42N6O4S/c1-24(2)31-14-27(19-39-21-31)20-40-22-34(45)32(15-26-8-5-4-6-9-26)43-35(46)28-16-29(36-41-11-13-48-36)18-30(17-28)38(47)44-12-7-10-33(44)37-42-25(3)23-49-37/h4-6,8-9,11,13-14,16-19,21,23-24,32-34,40,45H,7,10,12,15,20,22H2,1-3H3,(H,43,46)/t32-,33+,34-/m0/s1. The van der Waals surface area contributed by atoms with Crippen molar-refractivity contribution in [1.82, 2.24) is 30.5 Å². The molecule has 1 fully saturated rings. The Kier molecular flexibility index (Phi) is 10.9. The number of amides is 2. The molecule has 1 aliphatic rings. The van der Waals surface area contributed by atoms with Gasteiger partial charge in [0.25, 0.3) is 11.8 Å². The van der Waals surface area contributed by atoms with Gasteiger partial charge >= 0.3 is 0 Å². The molecule has 0 bridgehead atoms. The molecule has 1 aliphatic heterocycles. The largest absolute Gasteiger partial charge is 0.445 e. The first-order valence-electron chi connectivity index (χ1n) is 16.7. The molecular weight excluding hydrogens is 637 g/mol. The highest BCUT2D eigenvalue weighted by Crippen LogP contribution is 2.35. The first-order valence-corrected chi connectivity index (χ1v) is 17.6. The summed E-state index contributed by atoms with van der Waals surface area (Å²) in [4.78, 5) is 43.2. The molecule has 10 nitrogen and oxygen atoms in total. The summed E-state index contributed by atoms with van der Waals surface area (Å²) < 4.78 is 5.58. The maximum Gasteiger partial charge on any atom is 0.254 e. The van der Waals surface area contributed by atoms with E-state index in [0.717, 1.165) is 40.2 Å². The van der Waals surface area contributed by atoms with E-state index in [2.05, 4.69) is 45.5 Å². The number of carbonyl (C=O) groups is 2. The molecule has 2 amide bonds. The predicted octanol–water partition coefficient (Wildman–Crippen LogP) is 6.09. The Bertz CT molecular complexity index is 1860. The Morgan fingerprint density at radius 3 is 2.63 bits per heavy atom. The summed E-state index contributed by atoms with van der Waals surface area (Å²) in [7, 11) is 0. The summed E-state index contributed by atoms with van der Waals surface area (Å²) in [6.07, 6.45) is 7.87. The van der Waals surface area contributed by atoms with E-state index < -0.39 is 18.1 Å². The zero-order valence-electron chi connectivity index (χ0n) is 28.0. The molecule has 4 heterocycles. The lowest BCUT2D eigenvalue weighted by atomic mass is 9.99. The monoisotopic (exact) mass is 678 g/mol. The average molecular weight is 679 g/mol. The lowest BCUT2D eigenvalue weighted by Gasteiger charge is -2.26. The molecule has 1 saturated heterocycles. The zero-order chi connectivity index (χ0) is 34.3. The van der Waals surface area contributed by atoms with Gasteiger partial charge in [0.15, 0.2) is 0 Å². The number of hydrogen-bond acceptors (Lipinski definition) is 9. The summed E-state index contributed by atoms with van der Waals surface area (Å²) in [5, 5.41) is 20.8. The maximum atomic E-state index is 14.1. The molecular formula is C38H42N6O4S. The number of carbonyl (C=O) groups excluding carboxylic acids is 2. The number of benzene rings is 2. The molecule has 6 rings (SSSR count). The lowest BCUT2D eigenvalue weighted by Crippen LogP contribution is -2.48. The van der Waals surface area contributed by atoms with Crippen molar-refractivity contribution in [1.29, 1.82) is 0 Å². The summed E-state index contributed by atoms with van der Waals surface area (Å²) in [5.74, 6) is 0.0717. The summed E-state index contributed by atoms with van der Waals surface area (Å²) in [6.45, 7) is 7.58. The normalized spacial score (nSPS) is 15.8. The fourth-order valence-corrected chi connectivity index (χ4v) is 7.10. The topological polar surface area (TPSA) is 133 Å². The highest BCUT2D eigenvalue weighted by molar-refractivity contribution is 7.09. The summed E-state index contributed by atoms with van der Waals surface area (Å²) >= 11 is 1.56. The predicted molar refractivity (Wildman–Crippen MR) is 189 cm³/mol. The van der Waals surface area contributed by atoms with Gasteiger partial charge in [0.05, 0.1) is 24.4 Å². The van der Waals surface area contributed by atoms with Gasteiger partial charge in [-0.15, -0.1) is 11.3 Å². The number of aliphatic hydroxyl groups is 1. The number of oxazole rings is 1. The number of pyridine rings is 1. The van der Waals surface area contributed by atoms with Gasteiger partial charge in [0.1, 0.15) is 11.3 Å². The van der Waals surface area contributed by atoms with E-state index in [-0.39, 0.29) is 24.1 Å². The van der Waals surface area contributed by atoms with E-state index in [1.54, 1.807) is 29.5 Å². The second-order valence-electron chi connectivity index (χ2n) is 12.9. The number of likely N-dealkylation sites (tertiary alicyclic amines) is 1. The van der Waals surface area contributed by atoms with Gasteiger partial charge in [-0.25, -0.2) is 9.97 Å². The van der Waals surface area contributed by atoms with E-state index in [9.17, 15) is 14.7 Å². The second-order valence-corrected chi connectivity index (χ2v) is 13.8. The first-order chi connectivity index (χ1) is 23.7. The third-order valence-electron chi connectivity index (χ3n) is 8.80. The number of nitrogens with zero attached hydrogens (tertiary/aromatic N) is 4. The number of rotatable bonds is 13. The fourth-order valence-electron chi connectivity index (χ4n) is 6.16. The molecule has 0 unspecified atom stereocenters. The molecule has 254 valence electrons. The van der Waals surface area contributed by atoms with Crippen LogP contribution in [0.1, 0.15) is 86.8 Å². The van der Waals surface area contributed by atoms with Crippen molar-refractivity contribution in [3.8, 4) is 11.5 Å². The highest BCUT2D eigenvalue weighted by atomic mass is 32.1. The number of aliphatic hydroxyl groups excluding tert-OH is 1.